The van der Waals surface area contributed by atoms with Crippen LogP contribution in [0.1, 0.15) is 168 Å². The molecule has 32 heteroatoms. The second kappa shape index (κ2) is 57.8. The molecule has 0 aromatic heterocycles. The second-order valence-corrected chi connectivity index (χ2v) is 48.3. The fourth-order valence-corrected chi connectivity index (χ4v) is 24.0. The minimum Gasteiger partial charge on any atom is -0.494 e. The van der Waals surface area contributed by atoms with E-state index in [0.717, 1.165) is 146 Å². The molecule has 0 saturated heterocycles. The summed E-state index contributed by atoms with van der Waals surface area (Å²) in [6.07, 6.45) is 18.5. The van der Waals surface area contributed by atoms with Crippen molar-refractivity contribution in [3.8, 4) is 23.0 Å². The number of carbonyl (C=O) groups is 8. The summed E-state index contributed by atoms with van der Waals surface area (Å²) in [7, 11) is -15.1. The van der Waals surface area contributed by atoms with Crippen LogP contribution in [0.3, 0.4) is 0 Å². The topological polar surface area (TPSA) is 358 Å². The lowest BCUT2D eigenvalue weighted by atomic mass is 9.89. The quantitative estimate of drug-likeness (QED) is 0.0431. The highest BCUT2D eigenvalue weighted by Crippen LogP contribution is 2.31. The lowest BCUT2D eigenvalue weighted by Gasteiger charge is -2.26. The number of amides is 4. The Kier molecular flexibility index (Phi) is 47.5. The van der Waals surface area contributed by atoms with Crippen molar-refractivity contribution >= 4 is 97.9 Å². The van der Waals surface area contributed by atoms with Gasteiger partial charge in [0.2, 0.25) is 23.6 Å². The maximum atomic E-state index is 13.6. The Balaban J connectivity index is 0.000000234. The van der Waals surface area contributed by atoms with Crippen LogP contribution in [-0.2, 0) is 103 Å². The molecule has 4 amide bonds. The molecule has 8 bridgehead atoms. The SMILES string of the molecule is C=C[C@@H]1CCCCOc2ccc(cc2)C[C@H](CS(=O)(=O)c2ccc(F)cc2)C(=O)N[C@@H](C(C)C)C(=O)C1.C=C[C@@H]1CCCCOc2ccc(cc2)C[C@H](CS(C)(=O)=O)C(=O)N[C@@H](C(C)C)C(=O)C1.C=C[C@@H]1CCCOc2ccc(cc2)C[C@H](CS(=O)(=O)c2ccc(F)cc2)C(=O)N[C@@H](C(C)C)C(=O)C1.C=C[C@@H]1CSCCCCOc2ccc(cc2)C[C@H](CS(=O)(=O)c2ccc(F)cc2)C(=O)N[C@@H](C(C)C)C(=O)C1. The van der Waals surface area contributed by atoms with E-state index >= 15 is 0 Å². The van der Waals surface area contributed by atoms with Crippen molar-refractivity contribution in [2.24, 2.45) is 71.0 Å². The predicted molar refractivity (Wildman–Crippen MR) is 555 cm³/mol. The van der Waals surface area contributed by atoms with Gasteiger partial charge in [-0.1, -0.05) is 128 Å². The lowest BCUT2D eigenvalue weighted by Crippen LogP contribution is -2.48. The van der Waals surface area contributed by atoms with Crippen molar-refractivity contribution in [1.82, 2.24) is 21.3 Å². The fraction of sp³-hybridized carbons (Fsp3) is 0.477. The molecule has 8 heterocycles. The minimum atomic E-state index is -3.91. The molecular formula is C111H143F3N4O20S5. The van der Waals surface area contributed by atoms with Gasteiger partial charge in [-0.2, -0.15) is 11.8 Å². The number of fused-ring (bicyclic) bond motifs is 57. The molecule has 7 aromatic rings. The summed E-state index contributed by atoms with van der Waals surface area (Å²) >= 11 is 1.77. The van der Waals surface area contributed by atoms with Crippen LogP contribution in [0, 0.1) is 88.5 Å². The number of sulfone groups is 4. The molecule has 0 unspecified atom stereocenters. The van der Waals surface area contributed by atoms with Crippen molar-refractivity contribution in [3.63, 3.8) is 0 Å². The molecule has 0 fully saturated rings. The van der Waals surface area contributed by atoms with Gasteiger partial charge in [0.05, 0.1) is 112 Å². The van der Waals surface area contributed by atoms with Crippen LogP contribution in [0.15, 0.2) is 235 Å². The Morgan fingerprint density at radius 1 is 0.315 bits per heavy atom. The number of ether oxygens (including phenoxy) is 4. The summed E-state index contributed by atoms with van der Waals surface area (Å²) in [4.78, 5) is 106. The number of halogens is 3. The molecule has 15 rings (SSSR count). The van der Waals surface area contributed by atoms with Gasteiger partial charge in [-0.25, -0.2) is 46.8 Å². The first-order chi connectivity index (χ1) is 67.8. The number of hydrogen-bond acceptors (Lipinski definition) is 21. The van der Waals surface area contributed by atoms with Gasteiger partial charge in [0.25, 0.3) is 0 Å². The molecule has 0 spiro atoms. The average Bonchev–Trinajstić information content (AvgIpc) is 1.25. The van der Waals surface area contributed by atoms with Gasteiger partial charge in [0, 0.05) is 31.9 Å². The molecule has 8 aliphatic heterocycles. The first kappa shape index (κ1) is 117. The van der Waals surface area contributed by atoms with Gasteiger partial charge in [0.1, 0.15) is 50.3 Å². The summed E-state index contributed by atoms with van der Waals surface area (Å²) in [6, 6.07) is 39.9. The molecule has 12 atom stereocenters. The number of rotatable bonds is 19. The van der Waals surface area contributed by atoms with E-state index in [1.165, 1.54) is 36.4 Å². The van der Waals surface area contributed by atoms with Crippen molar-refractivity contribution in [2.45, 2.75) is 210 Å². The highest BCUT2D eigenvalue weighted by atomic mass is 32.2. The number of ketones is 4. The van der Waals surface area contributed by atoms with E-state index in [1.54, 1.807) is 48.2 Å². The molecule has 8 aliphatic rings. The van der Waals surface area contributed by atoms with E-state index in [0.29, 0.717) is 50.1 Å². The summed E-state index contributed by atoms with van der Waals surface area (Å²) in [5.74, 6) is -5.42. The minimum absolute atomic E-state index is 0.0187. The Hall–Kier alpha value is -10.8. The van der Waals surface area contributed by atoms with E-state index < -0.39 is 146 Å². The second-order valence-electron chi connectivity index (χ2n) is 38.9. The highest BCUT2D eigenvalue weighted by molar-refractivity contribution is 7.99. The van der Waals surface area contributed by atoms with Gasteiger partial charge in [0.15, 0.2) is 52.6 Å². The Morgan fingerprint density at radius 3 is 0.790 bits per heavy atom. The number of nitrogens with one attached hydrogen (secondary N) is 4. The van der Waals surface area contributed by atoms with E-state index in [4.69, 9.17) is 18.9 Å². The van der Waals surface area contributed by atoms with E-state index in [9.17, 15) is 85.2 Å². The lowest BCUT2D eigenvalue weighted by molar-refractivity contribution is -0.131. The van der Waals surface area contributed by atoms with Crippen LogP contribution in [-0.4, -0.2) is 172 Å². The predicted octanol–water partition coefficient (Wildman–Crippen LogP) is 18.1. The Bertz CT molecular complexity index is 5830. The molecule has 0 aliphatic carbocycles. The highest BCUT2D eigenvalue weighted by Gasteiger charge is 2.38. The zero-order valence-electron chi connectivity index (χ0n) is 83.7. The van der Waals surface area contributed by atoms with Crippen LogP contribution in [0.25, 0.3) is 0 Å². The number of Topliss-reactive ketones (excluding diaryl/α,β-unsaturated/α-hetero) is 4. The van der Waals surface area contributed by atoms with Gasteiger partial charge in [-0.15, -0.1) is 26.3 Å². The van der Waals surface area contributed by atoms with Gasteiger partial charge in [-0.3, -0.25) is 38.4 Å². The van der Waals surface area contributed by atoms with Crippen LogP contribution >= 0.6 is 11.8 Å². The number of carbonyl (C=O) groups excluding carboxylic acids is 8. The van der Waals surface area contributed by atoms with Crippen molar-refractivity contribution in [3.05, 3.63) is 260 Å². The third kappa shape index (κ3) is 39.9. The van der Waals surface area contributed by atoms with Gasteiger partial charge < -0.3 is 40.2 Å². The Labute approximate surface area is 848 Å². The number of allylic oxidation sites excluding steroid dienone is 4. The van der Waals surface area contributed by atoms with Crippen LogP contribution < -0.4 is 40.2 Å². The molecule has 4 N–H and O–H groups in total. The summed E-state index contributed by atoms with van der Waals surface area (Å²) in [5.41, 5.74) is 3.15. The number of thioether (sulfide) groups is 1. The van der Waals surface area contributed by atoms with Crippen molar-refractivity contribution < 1.29 is 104 Å². The first-order valence-electron chi connectivity index (χ1n) is 49.2. The maximum Gasteiger partial charge on any atom is 0.225 e. The fourth-order valence-electron chi connectivity index (χ4n) is 17.2. The Morgan fingerprint density at radius 2 is 0.545 bits per heavy atom. The largest absolute Gasteiger partial charge is 0.494 e. The van der Waals surface area contributed by atoms with E-state index in [2.05, 4.69) is 47.6 Å². The molecular weight excluding hydrogens is 1930 g/mol. The van der Waals surface area contributed by atoms with Gasteiger partial charge >= 0.3 is 0 Å². The number of hydrogen-bond donors (Lipinski definition) is 4. The summed E-state index contributed by atoms with van der Waals surface area (Å²) in [6.45, 7) is 32.6. The molecule has 0 saturated carbocycles. The monoisotopic (exact) mass is 2070 g/mol. The van der Waals surface area contributed by atoms with Crippen LogP contribution in [0.4, 0.5) is 13.2 Å². The summed E-state index contributed by atoms with van der Waals surface area (Å²) < 4.78 is 166. The van der Waals surface area contributed by atoms with E-state index in [1.807, 2.05) is 140 Å². The summed E-state index contributed by atoms with van der Waals surface area (Å²) in [5, 5.41) is 11.4. The molecule has 778 valence electrons. The van der Waals surface area contributed by atoms with Crippen molar-refractivity contribution in [2.75, 3.05) is 67.2 Å². The molecule has 0 radical (unpaired) electrons. The number of benzene rings is 7. The molecule has 7 aromatic carbocycles. The maximum absolute atomic E-state index is 13.6. The zero-order valence-corrected chi connectivity index (χ0v) is 87.8. The first-order valence-corrected chi connectivity index (χ1v) is 57.4. The molecule has 24 nitrogen and oxygen atoms in total. The van der Waals surface area contributed by atoms with Crippen LogP contribution in [0.2, 0.25) is 0 Å². The third-order valence-corrected chi connectivity index (χ3v) is 33.3. The third-order valence-electron chi connectivity index (χ3n) is 25.6. The van der Waals surface area contributed by atoms with Crippen LogP contribution in [0.5, 0.6) is 23.0 Å². The van der Waals surface area contributed by atoms with Crippen molar-refractivity contribution in [1.29, 1.82) is 0 Å². The van der Waals surface area contributed by atoms with Gasteiger partial charge in [-0.05, 0) is 292 Å². The standard InChI is InChI=1S/C30H38FNO5S2.C29H36FNO5S.C28H34FNO5S.C24H35NO5S/c1-4-22-18-28(33)29(21(2)3)32-30(34)24(20-39(35,36)27-13-9-25(31)10-14-27)17-23-7-11-26(12-8-23)37-15-5-6-16-38-19-22;1-4-21-7-5-6-16-36-25-12-8-22(9-13-25)17-23(29(33)31-28(20(2)3)27(32)18-21)19-37(34,35)26-14-10-24(30)11-15-26;1-4-20-6-5-15-35-24-11-7-21(8-12-24)16-22(28(32)30-27(19(2)3)26(31)17-20)18-36(33,34)25-13-9-23(29)10-14-25;1-5-18-8-6-7-13-30-21-11-9-19(10-12-21)14-20(16-31(4,28)29)24(27)25-23(17(2)3)22(26)15-18/h4,7-14,21-22,24,29H,1,5-6,15-20H2,2-3H3,(H,32,34);4,8-15,20-21,23,28H,1,5-7,16-19H2,2-3H3,(H,31,33);4,7-14,19-20,22,27H,1,5-6,15-18H2,2-3H3,(H,30,32);5,9-12,17-18,20,23H,1,6-8,13-16H2,2-4H3,(H,25,27)/t22-,24+,29-;21-,23-,28+;20-,22-,27+;18-,20-,23+/m0111/s1. The normalized spacial score (nSPS) is 22.7. The zero-order chi connectivity index (χ0) is 105. The average molecular weight is 2070 g/mol. The smallest absolute Gasteiger partial charge is 0.225 e. The van der Waals surface area contributed by atoms with E-state index in [-0.39, 0.29) is 136 Å². The molecule has 143 heavy (non-hydrogen) atoms.